The second-order valence-corrected chi connectivity index (χ2v) is 7.30. The molecular weight excluding hydrogens is 310 g/mol. The lowest BCUT2D eigenvalue weighted by molar-refractivity contribution is 0.0677. The molecular formula is C21H27N3O. The Hall–Kier alpha value is -2.36. The molecule has 0 saturated carbocycles. The van der Waals surface area contributed by atoms with Crippen molar-refractivity contribution < 1.29 is 4.79 Å². The molecule has 4 heteroatoms. The number of hydrogen-bond donors (Lipinski definition) is 1. The van der Waals surface area contributed by atoms with Crippen molar-refractivity contribution in [2.75, 3.05) is 18.4 Å². The number of hydrogen-bond acceptors (Lipinski definition) is 3. The second-order valence-electron chi connectivity index (χ2n) is 7.30. The highest BCUT2D eigenvalue weighted by Crippen LogP contribution is 2.27. The number of nitrogens with one attached hydrogen (secondary N) is 1. The number of likely N-dealkylation sites (tertiary alicyclic amines) is 1. The maximum atomic E-state index is 12.8. The van der Waals surface area contributed by atoms with E-state index in [9.17, 15) is 4.79 Å². The summed E-state index contributed by atoms with van der Waals surface area (Å²) in [5, 5.41) is 3.45. The summed E-state index contributed by atoms with van der Waals surface area (Å²) in [5.74, 6) is 1.03. The summed E-state index contributed by atoms with van der Waals surface area (Å²) in [6.07, 6.45) is 3.98. The van der Waals surface area contributed by atoms with Gasteiger partial charge in [-0.2, -0.15) is 0 Å². The number of carbonyl (C=O) groups excluding carboxylic acids is 1. The topological polar surface area (TPSA) is 45.2 Å². The number of pyridine rings is 1. The third-order valence-electron chi connectivity index (χ3n) is 4.79. The Morgan fingerprint density at radius 2 is 2.08 bits per heavy atom. The average Bonchev–Trinajstić information content (AvgIpc) is 2.61. The molecule has 2 aromatic rings. The zero-order valence-electron chi connectivity index (χ0n) is 15.3. The zero-order valence-corrected chi connectivity index (χ0v) is 15.3. The van der Waals surface area contributed by atoms with Gasteiger partial charge in [0.25, 0.3) is 5.91 Å². The van der Waals surface area contributed by atoms with Crippen molar-refractivity contribution in [2.45, 2.75) is 39.5 Å². The summed E-state index contributed by atoms with van der Waals surface area (Å²) in [7, 11) is 0. The maximum Gasteiger partial charge on any atom is 0.272 e. The molecule has 1 amide bonds. The summed E-state index contributed by atoms with van der Waals surface area (Å²) < 4.78 is 0. The van der Waals surface area contributed by atoms with Crippen molar-refractivity contribution in [3.05, 3.63) is 53.9 Å². The quantitative estimate of drug-likeness (QED) is 0.870. The molecule has 1 aromatic heterocycles. The number of anilines is 2. The minimum absolute atomic E-state index is 0.0346. The highest BCUT2D eigenvalue weighted by Gasteiger charge is 2.23. The van der Waals surface area contributed by atoms with E-state index in [2.05, 4.69) is 49.3 Å². The minimum atomic E-state index is 0.0346. The van der Waals surface area contributed by atoms with E-state index in [4.69, 9.17) is 0 Å². The largest absolute Gasteiger partial charge is 0.355 e. The van der Waals surface area contributed by atoms with Gasteiger partial charge in [-0.15, -0.1) is 0 Å². The van der Waals surface area contributed by atoms with Crippen LogP contribution in [-0.2, 0) is 0 Å². The second kappa shape index (κ2) is 7.68. The number of amides is 1. The van der Waals surface area contributed by atoms with Crippen molar-refractivity contribution in [2.24, 2.45) is 5.92 Å². The van der Waals surface area contributed by atoms with Crippen LogP contribution in [0.1, 0.15) is 55.6 Å². The Morgan fingerprint density at radius 1 is 1.28 bits per heavy atom. The minimum Gasteiger partial charge on any atom is -0.355 e. The molecule has 0 spiro atoms. The molecule has 132 valence electrons. The van der Waals surface area contributed by atoms with Crippen LogP contribution in [0.2, 0.25) is 0 Å². The first-order chi connectivity index (χ1) is 12.0. The fourth-order valence-corrected chi connectivity index (χ4v) is 3.43. The van der Waals surface area contributed by atoms with Gasteiger partial charge in [-0.3, -0.25) is 9.78 Å². The first kappa shape index (κ1) is 17.5. The lowest BCUT2D eigenvalue weighted by Crippen LogP contribution is -2.39. The molecule has 1 unspecified atom stereocenters. The summed E-state index contributed by atoms with van der Waals surface area (Å²) >= 11 is 0. The van der Waals surface area contributed by atoms with E-state index in [0.29, 0.717) is 17.5 Å². The molecule has 1 aromatic carbocycles. The molecule has 1 saturated heterocycles. The van der Waals surface area contributed by atoms with Gasteiger partial charge in [0.15, 0.2) is 0 Å². The highest BCUT2D eigenvalue weighted by atomic mass is 16.2. The average molecular weight is 337 g/mol. The molecule has 1 fully saturated rings. The molecule has 1 atom stereocenters. The van der Waals surface area contributed by atoms with Crippen molar-refractivity contribution in [1.29, 1.82) is 0 Å². The smallest absolute Gasteiger partial charge is 0.272 e. The van der Waals surface area contributed by atoms with Crippen LogP contribution in [0.4, 0.5) is 11.4 Å². The molecule has 4 nitrogen and oxygen atoms in total. The van der Waals surface area contributed by atoms with Crippen LogP contribution in [0.25, 0.3) is 0 Å². The van der Waals surface area contributed by atoms with Gasteiger partial charge in [0.2, 0.25) is 0 Å². The SMILES string of the molecule is CC1CCCN(C(=O)c2cc(Nc3ccccc3C(C)C)ccn2)C1. The zero-order chi connectivity index (χ0) is 17.8. The number of nitrogens with zero attached hydrogens (tertiary/aromatic N) is 2. The fourth-order valence-electron chi connectivity index (χ4n) is 3.43. The fraction of sp³-hybridized carbons (Fsp3) is 0.429. The van der Waals surface area contributed by atoms with Crippen molar-refractivity contribution in [3.8, 4) is 0 Å². The predicted molar refractivity (Wildman–Crippen MR) is 102 cm³/mol. The maximum absolute atomic E-state index is 12.8. The molecule has 0 radical (unpaired) electrons. The van der Waals surface area contributed by atoms with E-state index in [1.165, 1.54) is 12.0 Å². The standard InChI is InChI=1S/C21H27N3O/c1-15(2)18-8-4-5-9-19(18)23-17-10-11-22-20(13-17)21(25)24-12-6-7-16(3)14-24/h4-5,8-11,13,15-16H,6-7,12,14H2,1-3H3,(H,22,23). The Bertz CT molecular complexity index is 741. The molecule has 1 aliphatic heterocycles. The molecule has 1 N–H and O–H groups in total. The first-order valence-corrected chi connectivity index (χ1v) is 9.16. The molecule has 2 heterocycles. The van der Waals surface area contributed by atoms with Gasteiger partial charge in [-0.1, -0.05) is 39.0 Å². The number of para-hydroxylation sites is 1. The number of aromatic nitrogens is 1. The Morgan fingerprint density at radius 3 is 2.84 bits per heavy atom. The van der Waals surface area contributed by atoms with E-state index in [1.807, 2.05) is 23.1 Å². The number of benzene rings is 1. The first-order valence-electron chi connectivity index (χ1n) is 9.16. The van der Waals surface area contributed by atoms with Gasteiger partial charge in [0.1, 0.15) is 5.69 Å². The Kier molecular flexibility index (Phi) is 5.37. The summed E-state index contributed by atoms with van der Waals surface area (Å²) in [6.45, 7) is 8.22. The summed E-state index contributed by atoms with van der Waals surface area (Å²) in [4.78, 5) is 19.0. The molecule has 25 heavy (non-hydrogen) atoms. The lowest BCUT2D eigenvalue weighted by atomic mass is 10.00. The van der Waals surface area contributed by atoms with Crippen molar-refractivity contribution in [3.63, 3.8) is 0 Å². The van der Waals surface area contributed by atoms with Crippen LogP contribution in [-0.4, -0.2) is 28.9 Å². The van der Waals surface area contributed by atoms with Crippen LogP contribution in [0.3, 0.4) is 0 Å². The van der Waals surface area contributed by atoms with Crippen molar-refractivity contribution in [1.82, 2.24) is 9.88 Å². The Labute approximate surface area is 150 Å². The molecule has 3 rings (SSSR count). The monoisotopic (exact) mass is 337 g/mol. The Balaban J connectivity index is 1.79. The molecule has 0 aliphatic carbocycles. The van der Waals surface area contributed by atoms with Crippen LogP contribution in [0.5, 0.6) is 0 Å². The summed E-state index contributed by atoms with van der Waals surface area (Å²) in [5.41, 5.74) is 3.75. The van der Waals surface area contributed by atoms with E-state index in [-0.39, 0.29) is 5.91 Å². The number of carbonyl (C=O) groups is 1. The van der Waals surface area contributed by atoms with E-state index < -0.39 is 0 Å². The van der Waals surface area contributed by atoms with Gasteiger partial charge < -0.3 is 10.2 Å². The van der Waals surface area contributed by atoms with Crippen LogP contribution < -0.4 is 5.32 Å². The van der Waals surface area contributed by atoms with E-state index in [0.717, 1.165) is 30.9 Å². The predicted octanol–water partition coefficient (Wildman–Crippen LogP) is 4.82. The van der Waals surface area contributed by atoms with E-state index in [1.54, 1.807) is 6.20 Å². The van der Waals surface area contributed by atoms with Crippen LogP contribution in [0.15, 0.2) is 42.6 Å². The molecule has 0 bridgehead atoms. The van der Waals surface area contributed by atoms with Gasteiger partial charge in [0.05, 0.1) is 0 Å². The van der Waals surface area contributed by atoms with Crippen LogP contribution >= 0.6 is 0 Å². The van der Waals surface area contributed by atoms with Gasteiger partial charge in [0, 0.05) is 30.7 Å². The highest BCUT2D eigenvalue weighted by molar-refractivity contribution is 5.93. The van der Waals surface area contributed by atoms with Gasteiger partial charge >= 0.3 is 0 Å². The third kappa shape index (κ3) is 4.19. The third-order valence-corrected chi connectivity index (χ3v) is 4.79. The van der Waals surface area contributed by atoms with E-state index >= 15 is 0 Å². The van der Waals surface area contributed by atoms with Crippen molar-refractivity contribution >= 4 is 17.3 Å². The van der Waals surface area contributed by atoms with Gasteiger partial charge in [-0.25, -0.2) is 0 Å². The number of rotatable bonds is 4. The molecule has 1 aliphatic rings. The number of piperidine rings is 1. The summed E-state index contributed by atoms with van der Waals surface area (Å²) in [6, 6.07) is 12.1. The normalized spacial score (nSPS) is 17.6. The van der Waals surface area contributed by atoms with Gasteiger partial charge in [-0.05, 0) is 48.4 Å². The lowest BCUT2D eigenvalue weighted by Gasteiger charge is -2.30. The van der Waals surface area contributed by atoms with Crippen LogP contribution in [0, 0.1) is 5.92 Å².